The molecule has 0 bridgehead atoms. The number of nitrogens with zero attached hydrogens (tertiary/aromatic N) is 1. The first kappa shape index (κ1) is 27.8. The molecule has 0 radical (unpaired) electrons. The summed E-state index contributed by atoms with van der Waals surface area (Å²) >= 11 is 0. The van der Waals surface area contributed by atoms with Gasteiger partial charge < -0.3 is 14.8 Å². The third-order valence-corrected chi connectivity index (χ3v) is 9.99. The highest BCUT2D eigenvalue weighted by Gasteiger charge is 2.63. The number of rotatable bonds is 8. The Kier molecular flexibility index (Phi) is 8.11. The van der Waals surface area contributed by atoms with Gasteiger partial charge in [-0.15, -0.1) is 0 Å². The summed E-state index contributed by atoms with van der Waals surface area (Å²) in [5.74, 6) is 1.53. The zero-order valence-electron chi connectivity index (χ0n) is 23.8. The lowest BCUT2D eigenvalue weighted by atomic mass is 9.51. The Labute approximate surface area is 232 Å². The second kappa shape index (κ2) is 11.4. The van der Waals surface area contributed by atoms with E-state index in [0.29, 0.717) is 31.4 Å². The predicted molar refractivity (Wildman–Crippen MR) is 151 cm³/mol. The van der Waals surface area contributed by atoms with Gasteiger partial charge in [0.2, 0.25) is 0 Å². The molecule has 4 aliphatic carbocycles. The molecule has 1 aromatic rings. The molecule has 1 N–H and O–H groups in total. The molecule has 0 aliphatic heterocycles. The molecule has 0 heterocycles. The number of allylic oxidation sites excluding steroid dienone is 4. The monoisotopic (exact) mass is 534 g/mol. The van der Waals surface area contributed by atoms with E-state index in [-0.39, 0.29) is 22.7 Å². The van der Waals surface area contributed by atoms with Crippen LogP contribution in [-0.4, -0.2) is 51.1 Å². The Morgan fingerprint density at radius 2 is 1.95 bits per heavy atom. The predicted octanol–water partition coefficient (Wildman–Crippen LogP) is 6.09. The molecule has 2 unspecified atom stereocenters. The first-order valence-corrected chi connectivity index (χ1v) is 14.4. The molecule has 0 aromatic heterocycles. The maximum absolute atomic E-state index is 12.3. The summed E-state index contributed by atoms with van der Waals surface area (Å²) in [5, 5.41) is 6.49. The average molecular weight is 535 g/mol. The molecule has 39 heavy (non-hydrogen) atoms. The lowest BCUT2D eigenvalue weighted by Gasteiger charge is -2.55. The number of fused-ring (bicyclic) bond motifs is 4. The van der Waals surface area contributed by atoms with E-state index in [4.69, 9.17) is 14.3 Å². The minimum atomic E-state index is -0.546. The van der Waals surface area contributed by atoms with Crippen molar-refractivity contribution in [2.75, 3.05) is 27.4 Å². The van der Waals surface area contributed by atoms with Crippen LogP contribution in [0.1, 0.15) is 82.3 Å². The van der Waals surface area contributed by atoms with Gasteiger partial charge in [-0.25, -0.2) is 4.79 Å². The normalized spacial score (nSPS) is 31.9. The molecule has 210 valence electrons. The highest BCUT2D eigenvalue weighted by atomic mass is 16.7. The number of methoxy groups -OCH3 is 2. The number of hydrogen-bond donors (Lipinski definition) is 1. The molecule has 2 saturated carbocycles. The SMILES string of the molecule is CCCNC(=O)O/N=C/c1ccc([C@H]2C[C@@]3(C)C(CC[C@]3(COC)OC)C3CCC4=CC(=O)CCC4=C32)cc1. The third-order valence-electron chi connectivity index (χ3n) is 9.99. The maximum atomic E-state index is 12.3. The second-order valence-corrected chi connectivity index (χ2v) is 11.9. The fourth-order valence-electron chi connectivity index (χ4n) is 8.11. The van der Waals surface area contributed by atoms with E-state index < -0.39 is 6.09 Å². The molecule has 4 aliphatic rings. The molecule has 7 heteroatoms. The van der Waals surface area contributed by atoms with Crippen LogP contribution in [-0.2, 0) is 19.1 Å². The van der Waals surface area contributed by atoms with Gasteiger partial charge in [0.15, 0.2) is 5.78 Å². The number of ketones is 1. The molecule has 0 spiro atoms. The van der Waals surface area contributed by atoms with Crippen molar-refractivity contribution in [3.05, 3.63) is 58.2 Å². The third kappa shape index (κ3) is 5.00. The summed E-state index contributed by atoms with van der Waals surface area (Å²) in [6, 6.07) is 8.45. The average Bonchev–Trinajstić information content (AvgIpc) is 3.23. The van der Waals surface area contributed by atoms with Crippen molar-refractivity contribution in [3.8, 4) is 0 Å². The van der Waals surface area contributed by atoms with Crippen LogP contribution in [0, 0.1) is 17.3 Å². The number of ether oxygens (including phenoxy) is 2. The molecule has 1 aromatic carbocycles. The van der Waals surface area contributed by atoms with Gasteiger partial charge in [-0.3, -0.25) is 9.63 Å². The quantitative estimate of drug-likeness (QED) is 0.248. The van der Waals surface area contributed by atoms with Crippen molar-refractivity contribution in [1.29, 1.82) is 0 Å². The fraction of sp³-hybridized carbons (Fsp3) is 0.594. The molecular weight excluding hydrogens is 492 g/mol. The van der Waals surface area contributed by atoms with Crippen molar-refractivity contribution < 1.29 is 23.9 Å². The zero-order chi connectivity index (χ0) is 27.6. The summed E-state index contributed by atoms with van der Waals surface area (Å²) in [5.41, 5.74) is 6.08. The number of carbonyl (C=O) groups is 2. The summed E-state index contributed by atoms with van der Waals surface area (Å²) < 4.78 is 12.1. The van der Waals surface area contributed by atoms with Crippen molar-refractivity contribution >= 4 is 18.1 Å². The molecule has 2 fully saturated rings. The van der Waals surface area contributed by atoms with Gasteiger partial charge in [0.05, 0.1) is 18.4 Å². The molecule has 1 amide bonds. The van der Waals surface area contributed by atoms with Gasteiger partial charge in [0.1, 0.15) is 0 Å². The zero-order valence-corrected chi connectivity index (χ0v) is 23.8. The van der Waals surface area contributed by atoms with Crippen molar-refractivity contribution in [2.45, 2.75) is 76.7 Å². The van der Waals surface area contributed by atoms with Gasteiger partial charge in [-0.2, -0.15) is 0 Å². The number of amides is 1. The molecule has 5 atom stereocenters. The van der Waals surface area contributed by atoms with Crippen LogP contribution in [0.4, 0.5) is 4.79 Å². The van der Waals surface area contributed by atoms with Crippen LogP contribution in [0.15, 0.2) is 52.2 Å². The summed E-state index contributed by atoms with van der Waals surface area (Å²) in [6.45, 7) is 5.57. The molecule has 0 saturated heterocycles. The van der Waals surface area contributed by atoms with Crippen molar-refractivity contribution in [3.63, 3.8) is 0 Å². The molecular formula is C32H42N2O5. The van der Waals surface area contributed by atoms with Gasteiger partial charge in [-0.05, 0) is 85.1 Å². The van der Waals surface area contributed by atoms with E-state index >= 15 is 0 Å². The van der Waals surface area contributed by atoms with Crippen LogP contribution >= 0.6 is 0 Å². The Morgan fingerprint density at radius 3 is 2.67 bits per heavy atom. The number of benzene rings is 1. The van der Waals surface area contributed by atoms with Crippen LogP contribution in [0.2, 0.25) is 0 Å². The van der Waals surface area contributed by atoms with Crippen LogP contribution in [0.25, 0.3) is 0 Å². The Bertz CT molecular complexity index is 1190. The Morgan fingerprint density at radius 1 is 1.15 bits per heavy atom. The van der Waals surface area contributed by atoms with Crippen LogP contribution < -0.4 is 5.32 Å². The highest BCUT2D eigenvalue weighted by Crippen LogP contribution is 2.67. The summed E-state index contributed by atoms with van der Waals surface area (Å²) in [7, 11) is 3.63. The standard InChI is InChI=1S/C32H42N2O5/c1-5-16-33-30(36)39-34-19-21-6-8-22(9-7-21)27-18-31(2)28(14-15-32(31,38-4)20-37-3)26-12-10-23-17-24(35)11-13-25(23)29(26)27/h6-9,17,19,26-28H,5,10-16,18,20H2,1-4H3,(H,33,36)/b34-19+/t26?,27-,28?,31+,32-/m1/s1. The number of nitrogens with one attached hydrogen (secondary N) is 1. The summed E-state index contributed by atoms with van der Waals surface area (Å²) in [6.07, 6.45) is 10.4. The lowest BCUT2D eigenvalue weighted by molar-refractivity contribution is -0.149. The van der Waals surface area contributed by atoms with Crippen LogP contribution in [0.3, 0.4) is 0 Å². The van der Waals surface area contributed by atoms with Crippen molar-refractivity contribution in [1.82, 2.24) is 5.32 Å². The largest absolute Gasteiger partial charge is 0.433 e. The lowest BCUT2D eigenvalue weighted by Crippen LogP contribution is -2.54. The fourth-order valence-corrected chi connectivity index (χ4v) is 8.11. The van der Waals surface area contributed by atoms with Crippen LogP contribution in [0.5, 0.6) is 0 Å². The van der Waals surface area contributed by atoms with E-state index in [1.165, 1.54) is 16.7 Å². The molecule has 5 rings (SSSR count). The first-order chi connectivity index (χ1) is 18.9. The Hall–Kier alpha value is -2.77. The smallest absolute Gasteiger partial charge is 0.382 e. The van der Waals surface area contributed by atoms with Gasteiger partial charge >= 0.3 is 6.09 Å². The maximum Gasteiger partial charge on any atom is 0.433 e. The van der Waals surface area contributed by atoms with Gasteiger partial charge in [0.25, 0.3) is 0 Å². The van der Waals surface area contributed by atoms with E-state index in [9.17, 15) is 9.59 Å². The first-order valence-electron chi connectivity index (χ1n) is 14.4. The van der Waals surface area contributed by atoms with Gasteiger partial charge in [0, 0.05) is 38.5 Å². The minimum Gasteiger partial charge on any atom is -0.382 e. The van der Waals surface area contributed by atoms with E-state index in [1.807, 2.05) is 32.2 Å². The Balaban J connectivity index is 1.49. The van der Waals surface area contributed by atoms with E-state index in [0.717, 1.165) is 50.5 Å². The van der Waals surface area contributed by atoms with E-state index in [2.05, 4.69) is 29.5 Å². The molecule has 7 nitrogen and oxygen atoms in total. The van der Waals surface area contributed by atoms with Gasteiger partial charge in [-0.1, -0.05) is 48.8 Å². The van der Waals surface area contributed by atoms with E-state index in [1.54, 1.807) is 18.9 Å². The second-order valence-electron chi connectivity index (χ2n) is 11.9. The minimum absolute atomic E-state index is 0.0251. The number of oxime groups is 1. The van der Waals surface area contributed by atoms with Crippen molar-refractivity contribution in [2.24, 2.45) is 22.4 Å². The number of carbonyl (C=O) groups excluding carboxylic acids is 2. The highest BCUT2D eigenvalue weighted by molar-refractivity contribution is 5.93. The topological polar surface area (TPSA) is 86.2 Å². The number of hydrogen-bond acceptors (Lipinski definition) is 6. The summed E-state index contributed by atoms with van der Waals surface area (Å²) in [4.78, 5) is 28.9.